The maximum atomic E-state index is 11.3. The third-order valence-electron chi connectivity index (χ3n) is 2.07. The van der Waals surface area contributed by atoms with E-state index in [9.17, 15) is 4.79 Å². The Bertz CT molecular complexity index is 487. The standard InChI is InChI=1S/C10H10N2O/c1-2-7-5-8-3-4-11-10(13)9(8)12-6-7/h3-6H,2H2,1H3,(H,11,13). The van der Waals surface area contributed by atoms with Gasteiger partial charge in [-0.1, -0.05) is 6.92 Å². The lowest BCUT2D eigenvalue weighted by Gasteiger charge is -1.98. The van der Waals surface area contributed by atoms with Gasteiger partial charge in [-0.05, 0) is 24.1 Å². The first-order valence-corrected chi connectivity index (χ1v) is 4.27. The number of nitrogens with zero attached hydrogens (tertiary/aromatic N) is 1. The van der Waals surface area contributed by atoms with E-state index >= 15 is 0 Å². The van der Waals surface area contributed by atoms with Gasteiger partial charge in [-0.2, -0.15) is 0 Å². The number of hydrogen-bond acceptors (Lipinski definition) is 2. The predicted octanol–water partition coefficient (Wildman–Crippen LogP) is 1.49. The van der Waals surface area contributed by atoms with E-state index in [-0.39, 0.29) is 5.56 Å². The van der Waals surface area contributed by atoms with E-state index in [1.807, 2.05) is 12.1 Å². The minimum atomic E-state index is -0.125. The van der Waals surface area contributed by atoms with Crippen LogP contribution in [0.2, 0.25) is 0 Å². The number of H-pyrrole nitrogens is 1. The largest absolute Gasteiger partial charge is 0.327 e. The summed E-state index contributed by atoms with van der Waals surface area (Å²) in [6, 6.07) is 3.86. The lowest BCUT2D eigenvalue weighted by molar-refractivity contribution is 1.11. The first-order valence-electron chi connectivity index (χ1n) is 4.27. The normalized spacial score (nSPS) is 10.5. The van der Waals surface area contributed by atoms with Crippen LogP contribution < -0.4 is 5.56 Å². The number of nitrogens with one attached hydrogen (secondary N) is 1. The Hall–Kier alpha value is -1.64. The van der Waals surface area contributed by atoms with Crippen molar-refractivity contribution in [1.82, 2.24) is 9.97 Å². The highest BCUT2D eigenvalue weighted by molar-refractivity contribution is 5.77. The average Bonchev–Trinajstić information content (AvgIpc) is 2.18. The number of aromatic nitrogens is 2. The third kappa shape index (κ3) is 1.33. The number of fused-ring (bicyclic) bond motifs is 1. The van der Waals surface area contributed by atoms with Gasteiger partial charge < -0.3 is 4.98 Å². The summed E-state index contributed by atoms with van der Waals surface area (Å²) in [6.45, 7) is 2.07. The zero-order valence-electron chi connectivity index (χ0n) is 7.37. The first kappa shape index (κ1) is 7.98. The fraction of sp³-hybridized carbons (Fsp3) is 0.200. The quantitative estimate of drug-likeness (QED) is 0.711. The molecular weight excluding hydrogens is 164 g/mol. The summed E-state index contributed by atoms with van der Waals surface area (Å²) in [4.78, 5) is 18.0. The minimum Gasteiger partial charge on any atom is -0.327 e. The fourth-order valence-corrected chi connectivity index (χ4v) is 1.31. The van der Waals surface area contributed by atoms with Crippen molar-refractivity contribution in [2.24, 2.45) is 0 Å². The molecule has 0 atom stereocenters. The van der Waals surface area contributed by atoms with Crippen LogP contribution in [0.1, 0.15) is 12.5 Å². The molecule has 0 aliphatic rings. The van der Waals surface area contributed by atoms with Crippen LogP contribution in [0.3, 0.4) is 0 Å². The molecule has 3 nitrogen and oxygen atoms in total. The van der Waals surface area contributed by atoms with Gasteiger partial charge in [0, 0.05) is 17.8 Å². The molecule has 0 fully saturated rings. The molecular formula is C10H10N2O. The molecule has 3 heteroatoms. The smallest absolute Gasteiger partial charge is 0.274 e. The maximum absolute atomic E-state index is 11.3. The molecule has 0 saturated carbocycles. The molecule has 2 aromatic heterocycles. The summed E-state index contributed by atoms with van der Waals surface area (Å²) in [7, 11) is 0. The Morgan fingerprint density at radius 3 is 3.15 bits per heavy atom. The molecule has 0 saturated heterocycles. The van der Waals surface area contributed by atoms with E-state index in [1.165, 1.54) is 0 Å². The van der Waals surface area contributed by atoms with E-state index < -0.39 is 0 Å². The third-order valence-corrected chi connectivity index (χ3v) is 2.07. The molecule has 0 unspecified atom stereocenters. The van der Waals surface area contributed by atoms with Gasteiger partial charge in [-0.3, -0.25) is 9.78 Å². The Kier molecular flexibility index (Phi) is 1.85. The molecule has 2 heterocycles. The lowest BCUT2D eigenvalue weighted by Crippen LogP contribution is -2.06. The topological polar surface area (TPSA) is 45.8 Å². The first-order chi connectivity index (χ1) is 6.31. The van der Waals surface area contributed by atoms with Crippen LogP contribution >= 0.6 is 0 Å². The Balaban J connectivity index is 2.80. The Morgan fingerprint density at radius 2 is 2.38 bits per heavy atom. The van der Waals surface area contributed by atoms with E-state index in [0.717, 1.165) is 17.4 Å². The summed E-state index contributed by atoms with van der Waals surface area (Å²) >= 11 is 0. The van der Waals surface area contributed by atoms with Crippen molar-refractivity contribution in [2.45, 2.75) is 13.3 Å². The number of aromatic amines is 1. The predicted molar refractivity (Wildman–Crippen MR) is 51.7 cm³/mol. The second-order valence-electron chi connectivity index (χ2n) is 2.94. The summed E-state index contributed by atoms with van der Waals surface area (Å²) in [5, 5.41) is 0.906. The molecule has 0 aliphatic heterocycles. The van der Waals surface area contributed by atoms with Crippen LogP contribution in [0.5, 0.6) is 0 Å². The van der Waals surface area contributed by atoms with Crippen molar-refractivity contribution in [3.05, 3.63) is 40.4 Å². The molecule has 0 radical (unpaired) electrons. The van der Waals surface area contributed by atoms with E-state index in [2.05, 4.69) is 16.9 Å². The number of rotatable bonds is 1. The summed E-state index contributed by atoms with van der Waals surface area (Å²) in [6.07, 6.45) is 4.33. The van der Waals surface area contributed by atoms with Gasteiger partial charge in [0.25, 0.3) is 5.56 Å². The van der Waals surface area contributed by atoms with Crippen molar-refractivity contribution in [3.63, 3.8) is 0 Å². The second-order valence-corrected chi connectivity index (χ2v) is 2.94. The van der Waals surface area contributed by atoms with Gasteiger partial charge >= 0.3 is 0 Å². The highest BCUT2D eigenvalue weighted by atomic mass is 16.1. The zero-order valence-corrected chi connectivity index (χ0v) is 7.37. The molecule has 0 spiro atoms. The molecule has 0 aliphatic carbocycles. The molecule has 0 aromatic carbocycles. The highest BCUT2D eigenvalue weighted by Crippen LogP contribution is 2.08. The maximum Gasteiger partial charge on any atom is 0.274 e. The Labute approximate surface area is 75.4 Å². The van der Waals surface area contributed by atoms with E-state index in [1.54, 1.807) is 12.4 Å². The van der Waals surface area contributed by atoms with Crippen LogP contribution in [-0.4, -0.2) is 9.97 Å². The zero-order chi connectivity index (χ0) is 9.26. The van der Waals surface area contributed by atoms with Crippen molar-refractivity contribution in [2.75, 3.05) is 0 Å². The van der Waals surface area contributed by atoms with Crippen LogP contribution in [0.15, 0.2) is 29.3 Å². The SMILES string of the molecule is CCc1cnc2c(=O)[nH]ccc2c1. The lowest BCUT2D eigenvalue weighted by atomic mass is 10.1. The van der Waals surface area contributed by atoms with Gasteiger partial charge in [0.1, 0.15) is 5.52 Å². The van der Waals surface area contributed by atoms with Crippen LogP contribution in [-0.2, 0) is 6.42 Å². The van der Waals surface area contributed by atoms with Gasteiger partial charge in [0.2, 0.25) is 0 Å². The minimum absolute atomic E-state index is 0.125. The summed E-state index contributed by atoms with van der Waals surface area (Å²) in [5.74, 6) is 0. The Morgan fingerprint density at radius 1 is 1.54 bits per heavy atom. The number of pyridine rings is 2. The summed E-state index contributed by atoms with van der Waals surface area (Å²) in [5.41, 5.74) is 1.54. The molecule has 2 aromatic rings. The van der Waals surface area contributed by atoms with Crippen LogP contribution in [0.25, 0.3) is 10.9 Å². The van der Waals surface area contributed by atoms with Gasteiger partial charge in [-0.25, -0.2) is 0 Å². The molecule has 0 bridgehead atoms. The molecule has 0 amide bonds. The van der Waals surface area contributed by atoms with Crippen LogP contribution in [0.4, 0.5) is 0 Å². The van der Waals surface area contributed by atoms with Crippen molar-refractivity contribution < 1.29 is 0 Å². The van der Waals surface area contributed by atoms with Gasteiger partial charge in [-0.15, -0.1) is 0 Å². The van der Waals surface area contributed by atoms with Crippen molar-refractivity contribution in [1.29, 1.82) is 0 Å². The number of hydrogen-bond donors (Lipinski definition) is 1. The van der Waals surface area contributed by atoms with E-state index in [4.69, 9.17) is 0 Å². The molecule has 66 valence electrons. The molecule has 2 rings (SSSR count). The fourth-order valence-electron chi connectivity index (χ4n) is 1.31. The monoisotopic (exact) mass is 174 g/mol. The summed E-state index contributed by atoms with van der Waals surface area (Å²) < 4.78 is 0. The van der Waals surface area contributed by atoms with Crippen LogP contribution in [0, 0.1) is 0 Å². The van der Waals surface area contributed by atoms with Crippen molar-refractivity contribution in [3.8, 4) is 0 Å². The number of aryl methyl sites for hydroxylation is 1. The second kappa shape index (κ2) is 3.01. The van der Waals surface area contributed by atoms with Gasteiger partial charge in [0.05, 0.1) is 0 Å². The molecule has 1 N–H and O–H groups in total. The van der Waals surface area contributed by atoms with Gasteiger partial charge in [0.15, 0.2) is 0 Å². The average molecular weight is 174 g/mol. The highest BCUT2D eigenvalue weighted by Gasteiger charge is 1.98. The van der Waals surface area contributed by atoms with Crippen molar-refractivity contribution >= 4 is 10.9 Å². The van der Waals surface area contributed by atoms with E-state index in [0.29, 0.717) is 5.52 Å². The molecule has 13 heavy (non-hydrogen) atoms.